The van der Waals surface area contributed by atoms with E-state index in [0.717, 1.165) is 42.6 Å². The Labute approximate surface area is 257 Å². The summed E-state index contributed by atoms with van der Waals surface area (Å²) in [6, 6.07) is 21.6. The van der Waals surface area contributed by atoms with E-state index < -0.39 is 18.0 Å². The second-order valence-corrected chi connectivity index (χ2v) is 10.9. The molecule has 43 heavy (non-hydrogen) atoms. The molecule has 6 heteroatoms. The second-order valence-electron chi connectivity index (χ2n) is 10.9. The van der Waals surface area contributed by atoms with Crippen molar-refractivity contribution in [3.8, 4) is 28.4 Å². The monoisotopic (exact) mass is 588 g/mol. The Morgan fingerprint density at radius 1 is 0.558 bits per heavy atom. The Morgan fingerprint density at radius 3 is 1.60 bits per heavy atom. The molecule has 3 aromatic rings. The molecule has 3 rings (SSSR count). The van der Waals surface area contributed by atoms with Crippen LogP contribution in [0.5, 0.6) is 17.2 Å². The van der Waals surface area contributed by atoms with E-state index in [2.05, 4.69) is 13.8 Å². The van der Waals surface area contributed by atoms with Crippen LogP contribution in [0.1, 0.15) is 102 Å². The summed E-state index contributed by atoms with van der Waals surface area (Å²) in [6.45, 7) is 7.37. The molecule has 0 N–H and O–H groups in total. The van der Waals surface area contributed by atoms with E-state index in [-0.39, 0.29) is 0 Å². The third kappa shape index (κ3) is 12.6. The first-order valence-electron chi connectivity index (χ1n) is 16.0. The Bertz CT molecular complexity index is 1200. The van der Waals surface area contributed by atoms with Crippen molar-refractivity contribution in [1.82, 2.24) is 0 Å². The minimum Gasteiger partial charge on any atom is -0.494 e. The van der Waals surface area contributed by atoms with E-state index in [1.54, 1.807) is 55.5 Å². The highest BCUT2D eigenvalue weighted by Crippen LogP contribution is 2.25. The van der Waals surface area contributed by atoms with E-state index in [1.165, 1.54) is 44.9 Å². The van der Waals surface area contributed by atoms with Crippen molar-refractivity contribution in [2.24, 2.45) is 0 Å². The number of hydrogen-bond donors (Lipinski definition) is 0. The predicted molar refractivity (Wildman–Crippen MR) is 172 cm³/mol. The van der Waals surface area contributed by atoms with Gasteiger partial charge < -0.3 is 18.9 Å². The highest BCUT2D eigenvalue weighted by Gasteiger charge is 2.16. The maximum absolute atomic E-state index is 12.6. The number of ether oxygens (including phenoxy) is 4. The molecule has 3 aromatic carbocycles. The van der Waals surface area contributed by atoms with Gasteiger partial charge in [0.05, 0.1) is 12.2 Å². The van der Waals surface area contributed by atoms with Gasteiger partial charge in [0, 0.05) is 6.61 Å². The SMILES string of the molecule is CCCCCCCCCOC(C)C(=O)Oc1ccc(-c2ccc(OC(=O)c3ccc(OCCCCCC)cc3)cc2)cc1. The average molecular weight is 589 g/mol. The number of esters is 2. The fourth-order valence-corrected chi connectivity index (χ4v) is 4.59. The molecule has 0 saturated heterocycles. The number of hydrogen-bond acceptors (Lipinski definition) is 6. The molecule has 0 radical (unpaired) electrons. The second kappa shape index (κ2) is 19.5. The lowest BCUT2D eigenvalue weighted by atomic mass is 10.1. The first kappa shape index (κ1) is 33.9. The molecular weight excluding hydrogens is 540 g/mol. The van der Waals surface area contributed by atoms with Crippen molar-refractivity contribution >= 4 is 11.9 Å². The standard InChI is InChI=1S/C37H48O6/c1-4-6-8-10-11-12-14-27-40-29(3)36(38)42-34-23-15-30(16-24-34)31-17-25-35(26-18-31)43-37(39)32-19-21-33(22-20-32)41-28-13-9-7-5-2/h15-26,29H,4-14,27-28H2,1-3H3. The summed E-state index contributed by atoms with van der Waals surface area (Å²) in [4.78, 5) is 25.0. The fraction of sp³-hybridized carbons (Fsp3) is 0.459. The molecule has 0 aliphatic heterocycles. The van der Waals surface area contributed by atoms with Gasteiger partial charge in [0.2, 0.25) is 0 Å². The van der Waals surface area contributed by atoms with Gasteiger partial charge in [-0.2, -0.15) is 0 Å². The zero-order valence-electron chi connectivity index (χ0n) is 26.1. The van der Waals surface area contributed by atoms with E-state index in [0.29, 0.717) is 30.3 Å². The van der Waals surface area contributed by atoms with Crippen molar-refractivity contribution in [3.63, 3.8) is 0 Å². The molecule has 0 heterocycles. The van der Waals surface area contributed by atoms with Crippen LogP contribution in [0.4, 0.5) is 0 Å². The number of benzene rings is 3. The molecule has 1 unspecified atom stereocenters. The number of carbonyl (C=O) groups excluding carboxylic acids is 2. The van der Waals surface area contributed by atoms with E-state index >= 15 is 0 Å². The summed E-state index contributed by atoms with van der Waals surface area (Å²) in [5.74, 6) is 0.861. The zero-order valence-corrected chi connectivity index (χ0v) is 26.1. The highest BCUT2D eigenvalue weighted by atomic mass is 16.6. The average Bonchev–Trinajstić information content (AvgIpc) is 3.03. The smallest absolute Gasteiger partial charge is 0.343 e. The predicted octanol–water partition coefficient (Wildman–Crippen LogP) is 9.59. The molecule has 0 aliphatic carbocycles. The number of carbonyl (C=O) groups is 2. The molecule has 6 nitrogen and oxygen atoms in total. The van der Waals surface area contributed by atoms with Crippen LogP contribution in [0.15, 0.2) is 72.8 Å². The van der Waals surface area contributed by atoms with Crippen LogP contribution in [-0.4, -0.2) is 31.3 Å². The van der Waals surface area contributed by atoms with Crippen LogP contribution in [0.25, 0.3) is 11.1 Å². The van der Waals surface area contributed by atoms with Crippen molar-refractivity contribution < 1.29 is 28.5 Å². The van der Waals surface area contributed by atoms with Gasteiger partial charge in [-0.1, -0.05) is 95.9 Å². The summed E-state index contributed by atoms with van der Waals surface area (Å²) < 4.78 is 22.5. The topological polar surface area (TPSA) is 71.1 Å². The molecule has 0 fully saturated rings. The van der Waals surface area contributed by atoms with Crippen LogP contribution in [-0.2, 0) is 9.53 Å². The maximum atomic E-state index is 12.6. The van der Waals surface area contributed by atoms with Crippen LogP contribution in [0.3, 0.4) is 0 Å². The van der Waals surface area contributed by atoms with Gasteiger partial charge in [0.15, 0.2) is 6.10 Å². The molecule has 0 amide bonds. The first-order valence-corrected chi connectivity index (χ1v) is 16.0. The van der Waals surface area contributed by atoms with Gasteiger partial charge in [-0.15, -0.1) is 0 Å². The third-order valence-electron chi connectivity index (χ3n) is 7.28. The van der Waals surface area contributed by atoms with Crippen molar-refractivity contribution in [2.45, 2.75) is 97.5 Å². The lowest BCUT2D eigenvalue weighted by Gasteiger charge is -2.13. The quantitative estimate of drug-likeness (QED) is 0.0743. The summed E-state index contributed by atoms with van der Waals surface area (Å²) in [6.07, 6.45) is 12.4. The molecule has 0 aliphatic rings. The van der Waals surface area contributed by atoms with Gasteiger partial charge in [-0.05, 0) is 79.4 Å². The van der Waals surface area contributed by atoms with Crippen LogP contribution >= 0.6 is 0 Å². The Hall–Kier alpha value is -3.64. The van der Waals surface area contributed by atoms with E-state index in [4.69, 9.17) is 18.9 Å². The summed E-state index contributed by atoms with van der Waals surface area (Å²) in [7, 11) is 0. The van der Waals surface area contributed by atoms with E-state index in [1.807, 2.05) is 24.3 Å². The highest BCUT2D eigenvalue weighted by molar-refractivity contribution is 5.91. The largest absolute Gasteiger partial charge is 0.494 e. The lowest BCUT2D eigenvalue weighted by Crippen LogP contribution is -2.26. The van der Waals surface area contributed by atoms with Crippen LogP contribution in [0.2, 0.25) is 0 Å². The van der Waals surface area contributed by atoms with Crippen LogP contribution in [0, 0.1) is 0 Å². The summed E-state index contributed by atoms with van der Waals surface area (Å²) in [5.41, 5.74) is 2.36. The van der Waals surface area contributed by atoms with Crippen molar-refractivity contribution in [2.75, 3.05) is 13.2 Å². The molecule has 0 bridgehead atoms. The Morgan fingerprint density at radius 2 is 1.02 bits per heavy atom. The zero-order chi connectivity index (χ0) is 30.7. The van der Waals surface area contributed by atoms with Gasteiger partial charge >= 0.3 is 11.9 Å². The normalized spacial score (nSPS) is 11.6. The van der Waals surface area contributed by atoms with E-state index in [9.17, 15) is 9.59 Å². The minimum absolute atomic E-state index is 0.397. The lowest BCUT2D eigenvalue weighted by molar-refractivity contribution is -0.146. The first-order chi connectivity index (χ1) is 21.0. The molecule has 0 aromatic heterocycles. The third-order valence-corrected chi connectivity index (χ3v) is 7.28. The van der Waals surface area contributed by atoms with Gasteiger partial charge in [0.25, 0.3) is 0 Å². The molecule has 0 saturated carbocycles. The summed E-state index contributed by atoms with van der Waals surface area (Å²) >= 11 is 0. The number of rotatable bonds is 20. The Balaban J connectivity index is 1.40. The summed E-state index contributed by atoms with van der Waals surface area (Å²) in [5, 5.41) is 0. The fourth-order valence-electron chi connectivity index (χ4n) is 4.59. The molecular formula is C37H48O6. The molecule has 232 valence electrons. The van der Waals surface area contributed by atoms with Crippen molar-refractivity contribution in [1.29, 1.82) is 0 Å². The van der Waals surface area contributed by atoms with Crippen LogP contribution < -0.4 is 14.2 Å². The minimum atomic E-state index is -0.610. The van der Waals surface area contributed by atoms with Gasteiger partial charge in [-0.25, -0.2) is 9.59 Å². The number of unbranched alkanes of at least 4 members (excludes halogenated alkanes) is 9. The van der Waals surface area contributed by atoms with Gasteiger partial charge in [-0.3, -0.25) is 0 Å². The van der Waals surface area contributed by atoms with Crippen molar-refractivity contribution in [3.05, 3.63) is 78.4 Å². The van der Waals surface area contributed by atoms with Gasteiger partial charge in [0.1, 0.15) is 17.2 Å². The molecule has 0 spiro atoms. The maximum Gasteiger partial charge on any atom is 0.343 e. The Kier molecular flexibility index (Phi) is 15.4. The molecule has 1 atom stereocenters.